The second-order valence-electron chi connectivity index (χ2n) is 16.5. The summed E-state index contributed by atoms with van der Waals surface area (Å²) in [6.07, 6.45) is 45.6. The highest BCUT2D eigenvalue weighted by Crippen LogP contribution is 2.17. The molecule has 0 aliphatic heterocycles. The SMILES string of the molecule is CCCCCCCCC/C=C\CCCC(CC(=O)NC(CO)C(O)CCCCCCCCCCCCCC)OC(=O)CCCCCCCCCCCCC. The van der Waals surface area contributed by atoms with Gasteiger partial charge in [0, 0.05) is 6.42 Å². The maximum atomic E-state index is 13.1. The van der Waals surface area contributed by atoms with Gasteiger partial charge in [-0.25, -0.2) is 0 Å². The number of esters is 1. The van der Waals surface area contributed by atoms with Gasteiger partial charge in [0.25, 0.3) is 0 Å². The van der Waals surface area contributed by atoms with Crippen molar-refractivity contribution in [2.45, 2.75) is 277 Å². The lowest BCUT2D eigenvalue weighted by Crippen LogP contribution is -2.46. The van der Waals surface area contributed by atoms with Gasteiger partial charge in [-0.05, 0) is 44.9 Å². The number of rotatable bonds is 43. The summed E-state index contributed by atoms with van der Waals surface area (Å²) in [6, 6.07) is -0.701. The number of carbonyl (C=O) groups excluding carboxylic acids is 2. The lowest BCUT2D eigenvalue weighted by Gasteiger charge is -2.24. The van der Waals surface area contributed by atoms with Crippen LogP contribution in [0.3, 0.4) is 0 Å². The molecule has 320 valence electrons. The number of aliphatic hydroxyl groups excluding tert-OH is 2. The van der Waals surface area contributed by atoms with Gasteiger partial charge in [0.1, 0.15) is 6.10 Å². The highest BCUT2D eigenvalue weighted by Gasteiger charge is 2.24. The van der Waals surface area contributed by atoms with Crippen molar-refractivity contribution in [1.82, 2.24) is 5.32 Å². The van der Waals surface area contributed by atoms with Crippen molar-refractivity contribution in [3.8, 4) is 0 Å². The fourth-order valence-corrected chi connectivity index (χ4v) is 7.43. The molecule has 0 aliphatic carbocycles. The van der Waals surface area contributed by atoms with E-state index in [-0.39, 0.29) is 24.9 Å². The smallest absolute Gasteiger partial charge is 0.306 e. The Kier molecular flexibility index (Phi) is 41.6. The van der Waals surface area contributed by atoms with E-state index >= 15 is 0 Å². The molecular weight excluding hydrogens is 671 g/mol. The monoisotopic (exact) mass is 764 g/mol. The number of nitrogens with one attached hydrogen (secondary N) is 1. The Labute approximate surface area is 336 Å². The summed E-state index contributed by atoms with van der Waals surface area (Å²) in [5, 5.41) is 23.7. The van der Waals surface area contributed by atoms with Crippen LogP contribution >= 0.6 is 0 Å². The molecule has 3 atom stereocenters. The fourth-order valence-electron chi connectivity index (χ4n) is 7.43. The summed E-state index contributed by atoms with van der Waals surface area (Å²) in [6.45, 7) is 6.46. The van der Waals surface area contributed by atoms with Crippen molar-refractivity contribution in [3.05, 3.63) is 12.2 Å². The molecule has 0 fully saturated rings. The zero-order valence-electron chi connectivity index (χ0n) is 36.4. The first kappa shape index (κ1) is 52.6. The Morgan fingerprint density at radius 1 is 0.519 bits per heavy atom. The molecule has 6 heteroatoms. The summed E-state index contributed by atoms with van der Waals surface area (Å²) in [5.41, 5.74) is 0. The molecule has 0 bridgehead atoms. The van der Waals surface area contributed by atoms with E-state index < -0.39 is 18.2 Å². The van der Waals surface area contributed by atoms with E-state index in [0.717, 1.165) is 51.4 Å². The van der Waals surface area contributed by atoms with Gasteiger partial charge >= 0.3 is 5.97 Å². The third-order valence-electron chi connectivity index (χ3n) is 11.1. The average molecular weight is 764 g/mol. The van der Waals surface area contributed by atoms with Crippen LogP contribution in [0, 0.1) is 0 Å². The van der Waals surface area contributed by atoms with E-state index in [4.69, 9.17) is 4.74 Å². The number of unbranched alkanes of at least 4 members (excludes halogenated alkanes) is 29. The Morgan fingerprint density at radius 3 is 1.35 bits per heavy atom. The Hall–Kier alpha value is -1.40. The number of hydrogen-bond donors (Lipinski definition) is 3. The maximum Gasteiger partial charge on any atom is 0.306 e. The molecule has 6 nitrogen and oxygen atoms in total. The predicted molar refractivity (Wildman–Crippen MR) is 232 cm³/mol. The van der Waals surface area contributed by atoms with Crippen molar-refractivity contribution in [1.29, 1.82) is 0 Å². The fraction of sp³-hybridized carbons (Fsp3) is 0.917. The summed E-state index contributed by atoms with van der Waals surface area (Å²) in [7, 11) is 0. The Bertz CT molecular complexity index is 817. The maximum absolute atomic E-state index is 13.1. The largest absolute Gasteiger partial charge is 0.462 e. The van der Waals surface area contributed by atoms with Crippen LogP contribution in [0.2, 0.25) is 0 Å². The molecule has 0 saturated carbocycles. The second kappa shape index (κ2) is 42.7. The second-order valence-corrected chi connectivity index (χ2v) is 16.5. The van der Waals surface area contributed by atoms with Crippen LogP contribution in [-0.2, 0) is 14.3 Å². The minimum atomic E-state index is -0.786. The topological polar surface area (TPSA) is 95.9 Å². The van der Waals surface area contributed by atoms with Crippen LogP contribution < -0.4 is 5.32 Å². The molecule has 0 aliphatic rings. The lowest BCUT2D eigenvalue weighted by atomic mass is 10.0. The molecular formula is C48H93NO5. The predicted octanol–water partition coefficient (Wildman–Crippen LogP) is 13.8. The van der Waals surface area contributed by atoms with E-state index in [1.165, 1.54) is 161 Å². The van der Waals surface area contributed by atoms with Crippen LogP contribution in [0.5, 0.6) is 0 Å². The van der Waals surface area contributed by atoms with Gasteiger partial charge in [0.2, 0.25) is 5.91 Å². The summed E-state index contributed by atoms with van der Waals surface area (Å²) in [5.74, 6) is -0.492. The minimum Gasteiger partial charge on any atom is -0.462 e. The average Bonchev–Trinajstić information content (AvgIpc) is 3.16. The molecule has 3 unspecified atom stereocenters. The van der Waals surface area contributed by atoms with Crippen molar-refractivity contribution < 1.29 is 24.5 Å². The molecule has 1 amide bonds. The summed E-state index contributed by atoms with van der Waals surface area (Å²) in [4.78, 5) is 26.0. The number of carbonyl (C=O) groups is 2. The van der Waals surface area contributed by atoms with Crippen LogP contribution in [0.25, 0.3) is 0 Å². The molecule has 0 aromatic carbocycles. The quantitative estimate of drug-likeness (QED) is 0.0326. The molecule has 0 heterocycles. The first-order valence-corrected chi connectivity index (χ1v) is 23.9. The number of amides is 1. The number of ether oxygens (including phenoxy) is 1. The Balaban J connectivity index is 4.58. The van der Waals surface area contributed by atoms with Crippen molar-refractivity contribution in [2.24, 2.45) is 0 Å². The van der Waals surface area contributed by atoms with Gasteiger partial charge in [-0.2, -0.15) is 0 Å². The number of aliphatic hydroxyl groups is 2. The standard InChI is InChI=1S/C48H93NO5/c1-4-7-10-13-16-19-22-25-27-30-33-36-39-44(54-48(53)41-38-35-32-29-24-21-18-15-12-9-6-3)42-47(52)49-45(43-50)46(51)40-37-34-31-28-26-23-20-17-14-11-8-5-2/h27,30,44-46,50-51H,4-26,28-29,31-43H2,1-3H3,(H,49,52)/b30-27-. The van der Waals surface area contributed by atoms with Crippen molar-refractivity contribution in [2.75, 3.05) is 6.61 Å². The molecule has 0 aromatic rings. The van der Waals surface area contributed by atoms with Gasteiger partial charge in [-0.3, -0.25) is 9.59 Å². The highest BCUT2D eigenvalue weighted by atomic mass is 16.5. The van der Waals surface area contributed by atoms with Gasteiger partial charge < -0.3 is 20.3 Å². The molecule has 54 heavy (non-hydrogen) atoms. The summed E-state index contributed by atoms with van der Waals surface area (Å²) >= 11 is 0. The first-order chi connectivity index (χ1) is 26.5. The Morgan fingerprint density at radius 2 is 0.907 bits per heavy atom. The minimum absolute atomic E-state index is 0.0631. The highest BCUT2D eigenvalue weighted by molar-refractivity contribution is 5.77. The van der Waals surface area contributed by atoms with Crippen LogP contribution in [0.15, 0.2) is 12.2 Å². The van der Waals surface area contributed by atoms with Crippen LogP contribution in [-0.4, -0.2) is 46.9 Å². The lowest BCUT2D eigenvalue weighted by molar-refractivity contribution is -0.151. The zero-order chi connectivity index (χ0) is 39.6. The third kappa shape index (κ3) is 37.5. The van der Waals surface area contributed by atoms with E-state index in [1.807, 2.05) is 0 Å². The van der Waals surface area contributed by atoms with Crippen LogP contribution in [0.4, 0.5) is 0 Å². The summed E-state index contributed by atoms with van der Waals surface area (Å²) < 4.78 is 5.89. The van der Waals surface area contributed by atoms with Crippen molar-refractivity contribution in [3.63, 3.8) is 0 Å². The van der Waals surface area contributed by atoms with Gasteiger partial charge in [0.05, 0.1) is 25.2 Å². The molecule has 0 saturated heterocycles. The van der Waals surface area contributed by atoms with E-state index in [2.05, 4.69) is 38.2 Å². The van der Waals surface area contributed by atoms with Gasteiger partial charge in [0.15, 0.2) is 0 Å². The van der Waals surface area contributed by atoms with Crippen molar-refractivity contribution >= 4 is 11.9 Å². The van der Waals surface area contributed by atoms with E-state index in [1.54, 1.807) is 0 Å². The van der Waals surface area contributed by atoms with Gasteiger partial charge in [-0.15, -0.1) is 0 Å². The first-order valence-electron chi connectivity index (χ1n) is 23.9. The van der Waals surface area contributed by atoms with Gasteiger partial charge in [-0.1, -0.05) is 213 Å². The molecule has 0 radical (unpaired) electrons. The molecule has 0 spiro atoms. The number of allylic oxidation sites excluding steroid dienone is 2. The number of hydrogen-bond acceptors (Lipinski definition) is 5. The van der Waals surface area contributed by atoms with E-state index in [9.17, 15) is 19.8 Å². The molecule has 3 N–H and O–H groups in total. The third-order valence-corrected chi connectivity index (χ3v) is 11.1. The molecule has 0 rings (SSSR count). The molecule has 0 aromatic heterocycles. The zero-order valence-corrected chi connectivity index (χ0v) is 36.4. The van der Waals surface area contributed by atoms with Crippen LogP contribution in [0.1, 0.15) is 258 Å². The van der Waals surface area contributed by atoms with E-state index in [0.29, 0.717) is 19.3 Å². The normalized spacial score (nSPS) is 13.4.